The van der Waals surface area contributed by atoms with Gasteiger partial charge in [0, 0.05) is 32.3 Å². The van der Waals surface area contributed by atoms with Crippen LogP contribution in [-0.4, -0.2) is 6.61 Å². The van der Waals surface area contributed by atoms with Crippen molar-refractivity contribution < 1.29 is 13.9 Å². The number of hydrogen-bond donors (Lipinski definition) is 1. The largest absolute Gasteiger partial charge is 0.490 e. The van der Waals surface area contributed by atoms with E-state index in [1.165, 1.54) is 12.1 Å². The molecule has 1 N–H and O–H groups in total. The molecule has 3 nitrogen and oxygen atoms in total. The molecular weight excluding hydrogens is 516 g/mol. The SMILES string of the molecule is CCOc1cc(CNc2cc(Cl)cc(Cl)c2)c(Br)cc1OCc1ccc(F)cc1Cl. The maximum atomic E-state index is 13.2. The summed E-state index contributed by atoms with van der Waals surface area (Å²) < 4.78 is 25.7. The van der Waals surface area contributed by atoms with E-state index in [0.717, 1.165) is 15.7 Å². The van der Waals surface area contributed by atoms with Crippen LogP contribution in [0.1, 0.15) is 18.1 Å². The monoisotopic (exact) mass is 531 g/mol. The quantitative estimate of drug-likeness (QED) is 0.317. The van der Waals surface area contributed by atoms with Gasteiger partial charge in [-0.05, 0) is 55.0 Å². The van der Waals surface area contributed by atoms with Gasteiger partial charge >= 0.3 is 0 Å². The predicted molar refractivity (Wildman–Crippen MR) is 125 cm³/mol. The van der Waals surface area contributed by atoms with E-state index in [1.54, 1.807) is 24.3 Å². The molecule has 0 saturated heterocycles. The van der Waals surface area contributed by atoms with Gasteiger partial charge in [-0.1, -0.05) is 56.8 Å². The molecule has 8 heteroatoms. The van der Waals surface area contributed by atoms with Gasteiger partial charge in [-0.3, -0.25) is 0 Å². The van der Waals surface area contributed by atoms with Gasteiger partial charge in [0.1, 0.15) is 12.4 Å². The number of halogens is 5. The van der Waals surface area contributed by atoms with Crippen LogP contribution < -0.4 is 14.8 Å². The second kappa shape index (κ2) is 10.6. The summed E-state index contributed by atoms with van der Waals surface area (Å²) in [5.41, 5.74) is 2.45. The highest BCUT2D eigenvalue weighted by Crippen LogP contribution is 2.35. The second-order valence-corrected chi connectivity index (χ2v) is 8.49. The van der Waals surface area contributed by atoms with Crippen molar-refractivity contribution >= 4 is 56.4 Å². The van der Waals surface area contributed by atoms with Gasteiger partial charge < -0.3 is 14.8 Å². The first-order valence-corrected chi connectivity index (χ1v) is 11.0. The number of anilines is 1. The molecule has 3 aromatic rings. The van der Waals surface area contributed by atoms with E-state index < -0.39 is 0 Å². The Morgan fingerprint density at radius 1 is 0.900 bits per heavy atom. The lowest BCUT2D eigenvalue weighted by atomic mass is 10.2. The lowest BCUT2D eigenvalue weighted by molar-refractivity contribution is 0.269. The van der Waals surface area contributed by atoms with Crippen molar-refractivity contribution in [3.8, 4) is 11.5 Å². The minimum Gasteiger partial charge on any atom is -0.490 e. The Morgan fingerprint density at radius 3 is 2.27 bits per heavy atom. The van der Waals surface area contributed by atoms with Gasteiger partial charge in [0.2, 0.25) is 0 Å². The summed E-state index contributed by atoms with van der Waals surface area (Å²) in [6, 6.07) is 13.2. The van der Waals surface area contributed by atoms with E-state index in [9.17, 15) is 4.39 Å². The van der Waals surface area contributed by atoms with E-state index in [-0.39, 0.29) is 12.4 Å². The van der Waals surface area contributed by atoms with Crippen LogP contribution in [0.15, 0.2) is 53.0 Å². The van der Waals surface area contributed by atoms with Crippen LogP contribution in [0.5, 0.6) is 11.5 Å². The molecule has 0 unspecified atom stereocenters. The summed E-state index contributed by atoms with van der Waals surface area (Å²) >= 11 is 21.8. The lowest BCUT2D eigenvalue weighted by Crippen LogP contribution is -2.04. The topological polar surface area (TPSA) is 30.5 Å². The molecule has 0 spiro atoms. The maximum Gasteiger partial charge on any atom is 0.162 e. The van der Waals surface area contributed by atoms with E-state index in [1.807, 2.05) is 19.1 Å². The molecule has 0 aromatic heterocycles. The fraction of sp³-hybridized carbons (Fsp3) is 0.182. The molecule has 158 valence electrons. The smallest absolute Gasteiger partial charge is 0.162 e. The average molecular weight is 534 g/mol. The first-order valence-electron chi connectivity index (χ1n) is 9.07. The normalized spacial score (nSPS) is 10.7. The molecule has 0 radical (unpaired) electrons. The van der Waals surface area contributed by atoms with Crippen molar-refractivity contribution in [3.63, 3.8) is 0 Å². The molecular formula is C22H18BrCl3FNO2. The van der Waals surface area contributed by atoms with E-state index in [0.29, 0.717) is 45.3 Å². The molecule has 0 fully saturated rings. The van der Waals surface area contributed by atoms with Crippen molar-refractivity contribution in [2.45, 2.75) is 20.1 Å². The standard InChI is InChI=1S/C22H18BrCl3FNO2/c1-2-29-21-5-14(11-28-18-7-15(24)6-16(25)8-18)19(23)10-22(21)30-12-13-3-4-17(27)9-20(13)26/h3-10,28H,2,11-12H2,1H3. The Labute approximate surface area is 198 Å². The van der Waals surface area contributed by atoms with Crippen molar-refractivity contribution in [1.82, 2.24) is 0 Å². The van der Waals surface area contributed by atoms with E-state index in [4.69, 9.17) is 44.3 Å². The van der Waals surface area contributed by atoms with Crippen LogP contribution in [0, 0.1) is 5.82 Å². The summed E-state index contributed by atoms with van der Waals surface area (Å²) in [6.45, 7) is 3.08. The highest BCUT2D eigenvalue weighted by Gasteiger charge is 2.13. The van der Waals surface area contributed by atoms with Gasteiger partial charge in [-0.2, -0.15) is 0 Å². The average Bonchev–Trinajstić information content (AvgIpc) is 2.67. The van der Waals surface area contributed by atoms with Crippen LogP contribution in [0.3, 0.4) is 0 Å². The summed E-state index contributed by atoms with van der Waals surface area (Å²) in [7, 11) is 0. The Kier molecular flexibility index (Phi) is 8.12. The zero-order valence-electron chi connectivity index (χ0n) is 15.9. The first-order chi connectivity index (χ1) is 14.4. The molecule has 0 amide bonds. The highest BCUT2D eigenvalue weighted by molar-refractivity contribution is 9.10. The molecule has 0 aliphatic carbocycles. The summed E-state index contributed by atoms with van der Waals surface area (Å²) in [6.07, 6.45) is 0. The van der Waals surface area contributed by atoms with Crippen molar-refractivity contribution in [2.75, 3.05) is 11.9 Å². The second-order valence-electron chi connectivity index (χ2n) is 6.36. The van der Waals surface area contributed by atoms with Crippen LogP contribution in [0.25, 0.3) is 0 Å². The third-order valence-electron chi connectivity index (χ3n) is 4.16. The van der Waals surface area contributed by atoms with Crippen molar-refractivity contribution in [1.29, 1.82) is 0 Å². The number of benzene rings is 3. The fourth-order valence-corrected chi connectivity index (χ4v) is 3.95. The van der Waals surface area contributed by atoms with E-state index in [2.05, 4.69) is 21.2 Å². The van der Waals surface area contributed by atoms with Crippen LogP contribution >= 0.6 is 50.7 Å². The zero-order valence-corrected chi connectivity index (χ0v) is 19.8. The van der Waals surface area contributed by atoms with Crippen molar-refractivity contribution in [2.24, 2.45) is 0 Å². The molecule has 30 heavy (non-hydrogen) atoms. The van der Waals surface area contributed by atoms with Crippen molar-refractivity contribution in [3.05, 3.63) is 85.0 Å². The maximum absolute atomic E-state index is 13.2. The number of nitrogens with one attached hydrogen (secondary N) is 1. The molecule has 0 heterocycles. The molecule has 0 saturated carbocycles. The Hall–Kier alpha value is -1.66. The van der Waals surface area contributed by atoms with Gasteiger partial charge in [-0.25, -0.2) is 4.39 Å². The van der Waals surface area contributed by atoms with Gasteiger partial charge in [0.15, 0.2) is 11.5 Å². The zero-order chi connectivity index (χ0) is 21.7. The first kappa shape index (κ1) is 23.0. The molecule has 0 aliphatic rings. The van der Waals surface area contributed by atoms with Gasteiger partial charge in [0.25, 0.3) is 0 Å². The lowest BCUT2D eigenvalue weighted by Gasteiger charge is -2.16. The molecule has 0 aliphatic heterocycles. The number of rotatable bonds is 8. The Bertz CT molecular complexity index is 1030. The fourth-order valence-electron chi connectivity index (χ4n) is 2.74. The number of ether oxygens (including phenoxy) is 2. The van der Waals surface area contributed by atoms with Crippen LogP contribution in [0.4, 0.5) is 10.1 Å². The Balaban J connectivity index is 1.77. The number of hydrogen-bond acceptors (Lipinski definition) is 3. The molecule has 0 atom stereocenters. The third-order valence-corrected chi connectivity index (χ3v) is 5.68. The summed E-state index contributed by atoms with van der Waals surface area (Å²) in [4.78, 5) is 0. The van der Waals surface area contributed by atoms with E-state index >= 15 is 0 Å². The molecule has 0 bridgehead atoms. The summed E-state index contributed by atoms with van der Waals surface area (Å²) in [5, 5.41) is 4.72. The molecule has 3 rings (SSSR count). The Morgan fingerprint density at radius 2 is 1.60 bits per heavy atom. The van der Waals surface area contributed by atoms with Crippen LogP contribution in [0.2, 0.25) is 15.1 Å². The van der Waals surface area contributed by atoms with Crippen LogP contribution in [-0.2, 0) is 13.2 Å². The van der Waals surface area contributed by atoms with Gasteiger partial charge in [-0.15, -0.1) is 0 Å². The minimum atomic E-state index is -0.389. The van der Waals surface area contributed by atoms with Gasteiger partial charge in [0.05, 0.1) is 11.6 Å². The highest BCUT2D eigenvalue weighted by atomic mass is 79.9. The third kappa shape index (κ3) is 6.17. The molecule has 3 aromatic carbocycles. The predicted octanol–water partition coefficient (Wildman–Crippen LogP) is 8.14. The summed E-state index contributed by atoms with van der Waals surface area (Å²) in [5.74, 6) is 0.762. The minimum absolute atomic E-state index is 0.185.